The number of hydrogen-bond donors (Lipinski definition) is 0. The van der Waals surface area contributed by atoms with Crippen LogP contribution in [0.4, 0.5) is 0 Å². The Bertz CT molecular complexity index is 365. The van der Waals surface area contributed by atoms with E-state index in [4.69, 9.17) is 4.74 Å². The highest BCUT2D eigenvalue weighted by Gasteiger charge is 2.20. The molecule has 0 aliphatic carbocycles. The van der Waals surface area contributed by atoms with Crippen molar-refractivity contribution in [2.24, 2.45) is 0 Å². The van der Waals surface area contributed by atoms with E-state index in [0.29, 0.717) is 6.10 Å². The Morgan fingerprint density at radius 3 is 2.89 bits per heavy atom. The zero-order chi connectivity index (χ0) is 12.8. The summed E-state index contributed by atoms with van der Waals surface area (Å²) in [6.07, 6.45) is 4.61. The summed E-state index contributed by atoms with van der Waals surface area (Å²) in [6.45, 7) is 6.15. The smallest absolute Gasteiger partial charge is 0.0599 e. The molecule has 100 valence electrons. The maximum Gasteiger partial charge on any atom is 0.0599 e. The molecule has 1 saturated heterocycles. The fourth-order valence-corrected chi connectivity index (χ4v) is 2.53. The molecule has 0 N–H and O–H groups in total. The molecule has 1 aromatic rings. The van der Waals surface area contributed by atoms with Crippen molar-refractivity contribution in [1.29, 1.82) is 0 Å². The molecular formula is C14H21BrN2O. The van der Waals surface area contributed by atoms with Crippen molar-refractivity contribution in [2.45, 2.75) is 32.4 Å². The fourth-order valence-electron chi connectivity index (χ4n) is 2.34. The van der Waals surface area contributed by atoms with Crippen LogP contribution in [-0.2, 0) is 11.3 Å². The monoisotopic (exact) mass is 312 g/mol. The van der Waals surface area contributed by atoms with Crippen LogP contribution in [0.15, 0.2) is 18.3 Å². The largest absolute Gasteiger partial charge is 0.377 e. The SMILES string of the molecule is Cc1cccnc1CN1CCC(OCCBr)CC1. The molecule has 1 aliphatic rings. The van der Waals surface area contributed by atoms with Crippen LogP contribution in [0.25, 0.3) is 0 Å². The first kappa shape index (κ1) is 14.0. The Morgan fingerprint density at radius 2 is 2.22 bits per heavy atom. The number of aryl methyl sites for hydroxylation is 1. The standard InChI is InChI=1S/C14H21BrN2O/c1-12-3-2-7-16-14(12)11-17-8-4-13(5-9-17)18-10-6-15/h2-3,7,13H,4-6,8-11H2,1H3. The molecule has 1 aromatic heterocycles. The molecule has 0 saturated carbocycles. The third kappa shape index (κ3) is 4.04. The van der Waals surface area contributed by atoms with Gasteiger partial charge in [-0.15, -0.1) is 0 Å². The summed E-state index contributed by atoms with van der Waals surface area (Å²) < 4.78 is 5.77. The Kier molecular flexibility index (Phi) is 5.60. The number of likely N-dealkylation sites (tertiary alicyclic amines) is 1. The quantitative estimate of drug-likeness (QED) is 0.782. The summed E-state index contributed by atoms with van der Waals surface area (Å²) >= 11 is 3.40. The molecule has 1 aliphatic heterocycles. The zero-order valence-electron chi connectivity index (χ0n) is 10.9. The summed E-state index contributed by atoms with van der Waals surface area (Å²) in [5.74, 6) is 0. The van der Waals surface area contributed by atoms with Gasteiger partial charge in [-0.1, -0.05) is 22.0 Å². The third-order valence-electron chi connectivity index (χ3n) is 3.46. The van der Waals surface area contributed by atoms with Gasteiger partial charge in [-0.25, -0.2) is 0 Å². The second-order valence-corrected chi connectivity index (χ2v) is 5.60. The number of rotatable bonds is 5. The molecule has 0 amide bonds. The van der Waals surface area contributed by atoms with Gasteiger partial charge >= 0.3 is 0 Å². The number of ether oxygens (including phenoxy) is 1. The van der Waals surface area contributed by atoms with Gasteiger partial charge in [-0.2, -0.15) is 0 Å². The average molecular weight is 313 g/mol. The van der Waals surface area contributed by atoms with Crippen LogP contribution < -0.4 is 0 Å². The van der Waals surface area contributed by atoms with Gasteiger partial charge in [0.05, 0.1) is 18.4 Å². The third-order valence-corrected chi connectivity index (χ3v) is 3.78. The van der Waals surface area contributed by atoms with Gasteiger partial charge in [0.25, 0.3) is 0 Å². The van der Waals surface area contributed by atoms with Gasteiger partial charge in [0.2, 0.25) is 0 Å². The predicted molar refractivity (Wildman–Crippen MR) is 77.0 cm³/mol. The number of pyridine rings is 1. The molecule has 2 heterocycles. The number of piperidine rings is 1. The first-order chi connectivity index (χ1) is 8.79. The van der Waals surface area contributed by atoms with Crippen molar-refractivity contribution in [3.63, 3.8) is 0 Å². The molecule has 0 radical (unpaired) electrons. The maximum atomic E-state index is 5.77. The minimum atomic E-state index is 0.448. The molecule has 18 heavy (non-hydrogen) atoms. The van der Waals surface area contributed by atoms with Crippen LogP contribution in [0.5, 0.6) is 0 Å². The number of nitrogens with zero attached hydrogens (tertiary/aromatic N) is 2. The van der Waals surface area contributed by atoms with Crippen molar-refractivity contribution in [1.82, 2.24) is 9.88 Å². The second-order valence-electron chi connectivity index (χ2n) is 4.80. The highest BCUT2D eigenvalue weighted by molar-refractivity contribution is 9.09. The van der Waals surface area contributed by atoms with Crippen molar-refractivity contribution in [3.05, 3.63) is 29.6 Å². The van der Waals surface area contributed by atoms with Crippen LogP contribution in [-0.4, -0.2) is 41.0 Å². The van der Waals surface area contributed by atoms with Gasteiger partial charge in [0.15, 0.2) is 0 Å². The molecule has 0 aromatic carbocycles. The van der Waals surface area contributed by atoms with Crippen molar-refractivity contribution >= 4 is 15.9 Å². The topological polar surface area (TPSA) is 25.4 Å². The van der Waals surface area contributed by atoms with Crippen LogP contribution in [0.2, 0.25) is 0 Å². The van der Waals surface area contributed by atoms with E-state index in [1.807, 2.05) is 12.3 Å². The summed E-state index contributed by atoms with van der Waals surface area (Å²) in [6, 6.07) is 4.13. The van der Waals surface area contributed by atoms with Gasteiger partial charge in [0, 0.05) is 31.2 Å². The van der Waals surface area contributed by atoms with Crippen LogP contribution in [0.1, 0.15) is 24.1 Å². The Morgan fingerprint density at radius 1 is 1.44 bits per heavy atom. The van der Waals surface area contributed by atoms with Crippen LogP contribution >= 0.6 is 15.9 Å². The summed E-state index contributed by atoms with van der Waals surface area (Å²) in [4.78, 5) is 6.94. The fraction of sp³-hybridized carbons (Fsp3) is 0.643. The lowest BCUT2D eigenvalue weighted by Gasteiger charge is -2.31. The minimum Gasteiger partial charge on any atom is -0.377 e. The Hall–Kier alpha value is -0.450. The van der Waals surface area contributed by atoms with Gasteiger partial charge < -0.3 is 4.74 Å². The van der Waals surface area contributed by atoms with Crippen molar-refractivity contribution in [2.75, 3.05) is 25.0 Å². The van der Waals surface area contributed by atoms with Gasteiger partial charge in [-0.3, -0.25) is 9.88 Å². The molecule has 0 atom stereocenters. The average Bonchev–Trinajstić information content (AvgIpc) is 2.41. The van der Waals surface area contributed by atoms with E-state index < -0.39 is 0 Å². The van der Waals surface area contributed by atoms with E-state index in [0.717, 1.165) is 44.4 Å². The van der Waals surface area contributed by atoms with E-state index in [9.17, 15) is 0 Å². The van der Waals surface area contributed by atoms with Crippen LogP contribution in [0.3, 0.4) is 0 Å². The van der Waals surface area contributed by atoms with E-state index in [1.54, 1.807) is 0 Å². The summed E-state index contributed by atoms with van der Waals surface area (Å²) in [5.41, 5.74) is 2.49. The van der Waals surface area contributed by atoms with Crippen LogP contribution in [0, 0.1) is 6.92 Å². The van der Waals surface area contributed by atoms with E-state index in [2.05, 4.69) is 38.8 Å². The lowest BCUT2D eigenvalue weighted by Crippen LogP contribution is -2.37. The van der Waals surface area contributed by atoms with Crippen molar-refractivity contribution in [3.8, 4) is 0 Å². The van der Waals surface area contributed by atoms with Gasteiger partial charge in [0.1, 0.15) is 0 Å². The van der Waals surface area contributed by atoms with Gasteiger partial charge in [-0.05, 0) is 31.4 Å². The zero-order valence-corrected chi connectivity index (χ0v) is 12.5. The number of alkyl halides is 1. The molecule has 2 rings (SSSR count). The molecule has 4 heteroatoms. The molecule has 0 spiro atoms. The highest BCUT2D eigenvalue weighted by atomic mass is 79.9. The number of aromatic nitrogens is 1. The highest BCUT2D eigenvalue weighted by Crippen LogP contribution is 2.16. The molecule has 0 unspecified atom stereocenters. The minimum absolute atomic E-state index is 0.448. The lowest BCUT2D eigenvalue weighted by atomic mass is 10.1. The number of hydrogen-bond acceptors (Lipinski definition) is 3. The van der Waals surface area contributed by atoms with E-state index in [1.165, 1.54) is 11.3 Å². The first-order valence-electron chi connectivity index (χ1n) is 6.60. The Labute approximate surface area is 118 Å². The maximum absolute atomic E-state index is 5.77. The van der Waals surface area contributed by atoms with E-state index in [-0.39, 0.29) is 0 Å². The van der Waals surface area contributed by atoms with E-state index >= 15 is 0 Å². The molecule has 3 nitrogen and oxygen atoms in total. The predicted octanol–water partition coefficient (Wildman–Crippen LogP) is 2.77. The lowest BCUT2D eigenvalue weighted by molar-refractivity contribution is 0.0138. The molecular weight excluding hydrogens is 292 g/mol. The normalized spacial score (nSPS) is 18.1. The first-order valence-corrected chi connectivity index (χ1v) is 7.72. The molecule has 0 bridgehead atoms. The van der Waals surface area contributed by atoms with Crippen molar-refractivity contribution < 1.29 is 4.74 Å². The Balaban J connectivity index is 1.78. The molecule has 1 fully saturated rings. The summed E-state index contributed by atoms with van der Waals surface area (Å²) in [5, 5.41) is 0.931. The summed E-state index contributed by atoms with van der Waals surface area (Å²) in [7, 11) is 0. The number of halogens is 1. The second kappa shape index (κ2) is 7.22.